The molecule has 3 fully saturated rings. The molecular formula is C16H30N2. The molecule has 2 unspecified atom stereocenters. The second kappa shape index (κ2) is 5.50. The second-order valence-electron chi connectivity index (χ2n) is 7.46. The van der Waals surface area contributed by atoms with Crippen molar-refractivity contribution in [2.45, 2.75) is 76.8 Å². The van der Waals surface area contributed by atoms with Crippen LogP contribution in [0.3, 0.4) is 0 Å². The van der Waals surface area contributed by atoms with Crippen LogP contribution in [-0.2, 0) is 0 Å². The van der Waals surface area contributed by atoms with Crippen LogP contribution >= 0.6 is 0 Å². The Bertz CT molecular complexity index is 258. The van der Waals surface area contributed by atoms with Crippen molar-refractivity contribution in [3.05, 3.63) is 0 Å². The third-order valence-corrected chi connectivity index (χ3v) is 5.66. The summed E-state index contributed by atoms with van der Waals surface area (Å²) in [7, 11) is 0. The summed E-state index contributed by atoms with van der Waals surface area (Å²) in [5.41, 5.74) is 0.618. The lowest BCUT2D eigenvalue weighted by Crippen LogP contribution is -2.39. The number of rotatable bonds is 5. The number of piperidine rings is 1. The zero-order valence-corrected chi connectivity index (χ0v) is 12.0. The van der Waals surface area contributed by atoms with Gasteiger partial charge in [0.1, 0.15) is 0 Å². The van der Waals surface area contributed by atoms with Gasteiger partial charge in [0.05, 0.1) is 0 Å². The van der Waals surface area contributed by atoms with Crippen molar-refractivity contribution in [1.82, 2.24) is 10.6 Å². The first-order chi connectivity index (χ1) is 8.73. The minimum Gasteiger partial charge on any atom is -0.316 e. The van der Waals surface area contributed by atoms with Crippen molar-refractivity contribution in [2.24, 2.45) is 11.3 Å². The lowest BCUT2D eigenvalue weighted by atomic mass is 9.88. The lowest BCUT2D eigenvalue weighted by molar-refractivity contribution is 0.270. The molecule has 0 aromatic carbocycles. The number of fused-ring (bicyclic) bond motifs is 2. The molecule has 0 aromatic rings. The molecule has 0 aromatic heterocycles. The Kier molecular flexibility index (Phi) is 3.95. The molecule has 2 atom stereocenters. The third-order valence-electron chi connectivity index (χ3n) is 5.66. The summed E-state index contributed by atoms with van der Waals surface area (Å²) in [6.45, 7) is 4.97. The Morgan fingerprint density at radius 2 is 1.78 bits per heavy atom. The molecule has 2 heteroatoms. The predicted molar refractivity (Wildman–Crippen MR) is 76.7 cm³/mol. The highest BCUT2D eigenvalue weighted by atomic mass is 15.0. The predicted octanol–water partition coefficient (Wildman–Crippen LogP) is 3.08. The Balaban J connectivity index is 1.32. The highest BCUT2D eigenvalue weighted by Crippen LogP contribution is 2.37. The van der Waals surface area contributed by atoms with Gasteiger partial charge < -0.3 is 10.6 Å². The molecule has 104 valence electrons. The Labute approximate surface area is 112 Å². The van der Waals surface area contributed by atoms with E-state index in [1.54, 1.807) is 0 Å². The van der Waals surface area contributed by atoms with Crippen LogP contribution in [0.15, 0.2) is 0 Å². The lowest BCUT2D eigenvalue weighted by Gasteiger charge is -2.30. The first-order valence-corrected chi connectivity index (χ1v) is 8.20. The van der Waals surface area contributed by atoms with Gasteiger partial charge in [-0.15, -0.1) is 0 Å². The molecule has 1 aliphatic carbocycles. The van der Waals surface area contributed by atoms with Gasteiger partial charge in [-0.1, -0.05) is 19.8 Å². The zero-order chi connectivity index (χ0) is 12.4. The van der Waals surface area contributed by atoms with Crippen LogP contribution in [0.2, 0.25) is 0 Å². The fourth-order valence-electron chi connectivity index (χ4n) is 4.51. The van der Waals surface area contributed by atoms with Gasteiger partial charge in [-0.2, -0.15) is 0 Å². The van der Waals surface area contributed by atoms with Crippen LogP contribution in [0.25, 0.3) is 0 Å². The summed E-state index contributed by atoms with van der Waals surface area (Å²) >= 11 is 0. The van der Waals surface area contributed by atoms with Gasteiger partial charge in [-0.3, -0.25) is 0 Å². The Morgan fingerprint density at radius 1 is 1.11 bits per heavy atom. The van der Waals surface area contributed by atoms with Crippen LogP contribution in [0.1, 0.15) is 64.7 Å². The van der Waals surface area contributed by atoms with Gasteiger partial charge in [-0.25, -0.2) is 0 Å². The summed E-state index contributed by atoms with van der Waals surface area (Å²) in [5.74, 6) is 0.993. The quantitative estimate of drug-likeness (QED) is 0.733. The molecule has 2 nitrogen and oxygen atoms in total. The molecule has 0 radical (unpaired) electrons. The van der Waals surface area contributed by atoms with Gasteiger partial charge in [0.25, 0.3) is 0 Å². The molecule has 0 amide bonds. The van der Waals surface area contributed by atoms with Gasteiger partial charge in [0, 0.05) is 18.6 Å². The van der Waals surface area contributed by atoms with Crippen molar-refractivity contribution in [3.63, 3.8) is 0 Å². The Hall–Kier alpha value is -0.0800. The molecule has 2 heterocycles. The summed E-state index contributed by atoms with van der Waals surface area (Å²) in [4.78, 5) is 0. The smallest absolute Gasteiger partial charge is 0.00728 e. The van der Waals surface area contributed by atoms with Crippen molar-refractivity contribution in [2.75, 3.05) is 13.1 Å². The first-order valence-electron chi connectivity index (χ1n) is 8.20. The van der Waals surface area contributed by atoms with Crippen molar-refractivity contribution < 1.29 is 0 Å². The van der Waals surface area contributed by atoms with E-state index in [2.05, 4.69) is 17.6 Å². The molecule has 2 N–H and O–H groups in total. The van der Waals surface area contributed by atoms with Crippen LogP contribution in [0, 0.1) is 11.3 Å². The maximum atomic E-state index is 3.74. The highest BCUT2D eigenvalue weighted by molar-refractivity contribution is 4.92. The van der Waals surface area contributed by atoms with E-state index in [-0.39, 0.29) is 0 Å². The minimum absolute atomic E-state index is 0.618. The normalized spacial score (nSPS) is 38.2. The minimum atomic E-state index is 0.618. The summed E-state index contributed by atoms with van der Waals surface area (Å²) in [6.07, 6.45) is 13.0. The summed E-state index contributed by atoms with van der Waals surface area (Å²) in [5, 5.41) is 7.49. The Morgan fingerprint density at radius 3 is 2.44 bits per heavy atom. The SMILES string of the molecule is CC1(CNCCC2CC3CCC(C2)N3)CCCC1. The second-order valence-corrected chi connectivity index (χ2v) is 7.46. The maximum absolute atomic E-state index is 3.74. The molecule has 2 aliphatic heterocycles. The molecule has 2 saturated heterocycles. The van der Waals surface area contributed by atoms with Crippen LogP contribution in [-0.4, -0.2) is 25.2 Å². The van der Waals surface area contributed by atoms with Crippen LogP contribution < -0.4 is 10.6 Å². The molecule has 3 rings (SSSR count). The number of hydrogen-bond acceptors (Lipinski definition) is 2. The zero-order valence-electron chi connectivity index (χ0n) is 12.0. The molecule has 18 heavy (non-hydrogen) atoms. The van der Waals surface area contributed by atoms with Crippen LogP contribution in [0.4, 0.5) is 0 Å². The molecular weight excluding hydrogens is 220 g/mol. The van der Waals surface area contributed by atoms with E-state index in [1.165, 1.54) is 70.9 Å². The number of nitrogens with one attached hydrogen (secondary N) is 2. The topological polar surface area (TPSA) is 24.1 Å². The van der Waals surface area contributed by atoms with E-state index in [0.717, 1.165) is 18.0 Å². The average molecular weight is 250 g/mol. The van der Waals surface area contributed by atoms with Gasteiger partial charge in [0.2, 0.25) is 0 Å². The molecule has 0 spiro atoms. The fraction of sp³-hybridized carbons (Fsp3) is 1.00. The van der Waals surface area contributed by atoms with Crippen molar-refractivity contribution in [3.8, 4) is 0 Å². The summed E-state index contributed by atoms with van der Waals surface area (Å²) < 4.78 is 0. The molecule has 3 aliphatic rings. The van der Waals surface area contributed by atoms with Gasteiger partial charge in [0.15, 0.2) is 0 Å². The van der Waals surface area contributed by atoms with E-state index >= 15 is 0 Å². The monoisotopic (exact) mass is 250 g/mol. The van der Waals surface area contributed by atoms with Crippen molar-refractivity contribution in [1.29, 1.82) is 0 Å². The largest absolute Gasteiger partial charge is 0.316 e. The van der Waals surface area contributed by atoms with E-state index in [4.69, 9.17) is 0 Å². The number of hydrogen-bond donors (Lipinski definition) is 2. The average Bonchev–Trinajstić information content (AvgIpc) is 2.93. The maximum Gasteiger partial charge on any atom is 0.00728 e. The fourth-order valence-corrected chi connectivity index (χ4v) is 4.51. The third kappa shape index (κ3) is 3.08. The van der Waals surface area contributed by atoms with E-state index in [9.17, 15) is 0 Å². The van der Waals surface area contributed by atoms with Crippen molar-refractivity contribution >= 4 is 0 Å². The van der Waals surface area contributed by atoms with Gasteiger partial charge in [-0.05, 0) is 62.8 Å². The van der Waals surface area contributed by atoms with Crippen LogP contribution in [0.5, 0.6) is 0 Å². The molecule has 2 bridgehead atoms. The highest BCUT2D eigenvalue weighted by Gasteiger charge is 2.33. The summed E-state index contributed by atoms with van der Waals surface area (Å²) in [6, 6.07) is 1.72. The first kappa shape index (κ1) is 12.9. The van der Waals surface area contributed by atoms with E-state index < -0.39 is 0 Å². The molecule has 1 saturated carbocycles. The van der Waals surface area contributed by atoms with E-state index in [1.807, 2.05) is 0 Å². The standard InChI is InChI=1S/C16H30N2/c1-16(7-2-3-8-16)12-17-9-6-13-10-14-4-5-15(11-13)18-14/h13-15,17-18H,2-12H2,1H3. The van der Waals surface area contributed by atoms with E-state index in [0.29, 0.717) is 5.41 Å². The van der Waals surface area contributed by atoms with Gasteiger partial charge >= 0.3 is 0 Å².